The number of amides is 1. The zero-order valence-corrected chi connectivity index (χ0v) is 8.36. The van der Waals surface area contributed by atoms with Gasteiger partial charge in [0, 0.05) is 12.4 Å². The minimum atomic E-state index is -0.399. The Balaban J connectivity index is 2.50. The number of nitrogens with zero attached hydrogens (tertiary/aromatic N) is 1. The minimum absolute atomic E-state index is 0.0808. The Bertz CT molecular complexity index is 287. The zero-order valence-electron chi connectivity index (χ0n) is 8.36. The van der Waals surface area contributed by atoms with Crippen LogP contribution in [0.4, 0.5) is 4.79 Å². The molecule has 0 aliphatic heterocycles. The fraction of sp³-hybridized carbons (Fsp3) is 0.400. The van der Waals surface area contributed by atoms with Crippen molar-refractivity contribution in [2.24, 2.45) is 0 Å². The molecule has 14 heavy (non-hydrogen) atoms. The number of pyridine rings is 1. The van der Waals surface area contributed by atoms with Crippen molar-refractivity contribution in [2.75, 3.05) is 6.61 Å². The summed E-state index contributed by atoms with van der Waals surface area (Å²) in [4.78, 5) is 15.0. The molecule has 0 saturated carbocycles. The lowest BCUT2D eigenvalue weighted by atomic mass is 10.1. The van der Waals surface area contributed by atoms with Gasteiger partial charge in [0.25, 0.3) is 0 Å². The number of carbonyl (C=O) groups excluding carboxylic acids is 1. The molecule has 1 aromatic heterocycles. The molecule has 76 valence electrons. The molecule has 0 aliphatic rings. The maximum atomic E-state index is 11.1. The van der Waals surface area contributed by atoms with Crippen LogP contribution in [-0.2, 0) is 4.74 Å². The largest absolute Gasteiger partial charge is 0.450 e. The van der Waals surface area contributed by atoms with E-state index in [4.69, 9.17) is 4.74 Å². The molecular formula is C10H14N2O2. The lowest BCUT2D eigenvalue weighted by Crippen LogP contribution is -2.27. The van der Waals surface area contributed by atoms with Crippen LogP contribution in [-0.4, -0.2) is 17.7 Å². The van der Waals surface area contributed by atoms with E-state index in [9.17, 15) is 4.79 Å². The van der Waals surface area contributed by atoms with Crippen LogP contribution in [0.2, 0.25) is 0 Å². The van der Waals surface area contributed by atoms with E-state index in [2.05, 4.69) is 10.3 Å². The molecular weight excluding hydrogens is 180 g/mol. The molecule has 0 aliphatic carbocycles. The van der Waals surface area contributed by atoms with Crippen molar-refractivity contribution in [3.05, 3.63) is 30.1 Å². The van der Waals surface area contributed by atoms with E-state index in [0.29, 0.717) is 6.61 Å². The summed E-state index contributed by atoms with van der Waals surface area (Å²) in [5, 5.41) is 2.70. The Morgan fingerprint density at radius 2 is 2.50 bits per heavy atom. The van der Waals surface area contributed by atoms with E-state index >= 15 is 0 Å². The van der Waals surface area contributed by atoms with Gasteiger partial charge in [-0.2, -0.15) is 0 Å². The summed E-state index contributed by atoms with van der Waals surface area (Å²) >= 11 is 0. The van der Waals surface area contributed by atoms with Gasteiger partial charge in [0.05, 0.1) is 12.6 Å². The van der Waals surface area contributed by atoms with Gasteiger partial charge < -0.3 is 10.1 Å². The smallest absolute Gasteiger partial charge is 0.407 e. The summed E-state index contributed by atoms with van der Waals surface area (Å²) in [5.74, 6) is 0. The maximum absolute atomic E-state index is 11.1. The van der Waals surface area contributed by atoms with E-state index < -0.39 is 6.09 Å². The van der Waals surface area contributed by atoms with Gasteiger partial charge in [-0.15, -0.1) is 0 Å². The molecule has 1 rings (SSSR count). The molecule has 0 saturated heterocycles. The fourth-order valence-corrected chi connectivity index (χ4v) is 1.06. The van der Waals surface area contributed by atoms with Crippen LogP contribution < -0.4 is 5.32 Å². The van der Waals surface area contributed by atoms with Crippen molar-refractivity contribution in [3.63, 3.8) is 0 Å². The van der Waals surface area contributed by atoms with E-state index in [1.807, 2.05) is 19.1 Å². The average molecular weight is 194 g/mol. The second kappa shape index (κ2) is 5.21. The van der Waals surface area contributed by atoms with Gasteiger partial charge >= 0.3 is 6.09 Å². The number of hydrogen-bond acceptors (Lipinski definition) is 3. The Morgan fingerprint density at radius 3 is 3.07 bits per heavy atom. The van der Waals surface area contributed by atoms with E-state index in [-0.39, 0.29) is 6.04 Å². The minimum Gasteiger partial charge on any atom is -0.450 e. The molecule has 1 amide bonds. The molecule has 1 aromatic rings. The number of ether oxygens (including phenoxy) is 1. The average Bonchev–Trinajstić information content (AvgIpc) is 2.19. The topological polar surface area (TPSA) is 51.2 Å². The molecule has 1 atom stereocenters. The Hall–Kier alpha value is -1.58. The van der Waals surface area contributed by atoms with Crippen LogP contribution in [0, 0.1) is 0 Å². The number of hydrogen-bond donors (Lipinski definition) is 1. The van der Waals surface area contributed by atoms with Crippen LogP contribution in [0.25, 0.3) is 0 Å². The van der Waals surface area contributed by atoms with E-state index in [0.717, 1.165) is 5.56 Å². The van der Waals surface area contributed by atoms with E-state index in [1.165, 1.54) is 0 Å². The third-order valence-electron chi connectivity index (χ3n) is 1.79. The summed E-state index contributed by atoms with van der Waals surface area (Å²) in [6.07, 6.45) is 3.01. The van der Waals surface area contributed by atoms with Crippen LogP contribution >= 0.6 is 0 Å². The van der Waals surface area contributed by atoms with Crippen LogP contribution in [0.5, 0.6) is 0 Å². The quantitative estimate of drug-likeness (QED) is 0.799. The third kappa shape index (κ3) is 3.05. The zero-order chi connectivity index (χ0) is 10.4. The number of alkyl carbamates (subject to hydrolysis) is 1. The van der Waals surface area contributed by atoms with Gasteiger partial charge in [0.1, 0.15) is 0 Å². The van der Waals surface area contributed by atoms with Gasteiger partial charge in [0.15, 0.2) is 0 Å². The molecule has 0 unspecified atom stereocenters. The van der Waals surface area contributed by atoms with Crippen LogP contribution in [0.1, 0.15) is 25.5 Å². The lowest BCUT2D eigenvalue weighted by Gasteiger charge is -2.12. The summed E-state index contributed by atoms with van der Waals surface area (Å²) in [5.41, 5.74) is 0.959. The Morgan fingerprint density at radius 1 is 1.71 bits per heavy atom. The number of aromatic nitrogens is 1. The predicted octanol–water partition coefficient (Wildman–Crippen LogP) is 1.89. The van der Waals surface area contributed by atoms with Crippen LogP contribution in [0.3, 0.4) is 0 Å². The monoisotopic (exact) mass is 194 g/mol. The first-order valence-electron chi connectivity index (χ1n) is 4.57. The summed E-state index contributed by atoms with van der Waals surface area (Å²) in [6.45, 7) is 4.04. The number of carbonyl (C=O) groups is 1. The molecule has 1 heterocycles. The molecule has 1 N–H and O–H groups in total. The van der Waals surface area contributed by atoms with Gasteiger partial charge in [-0.3, -0.25) is 4.98 Å². The molecule has 4 nitrogen and oxygen atoms in total. The first-order valence-corrected chi connectivity index (χ1v) is 4.57. The molecule has 4 heteroatoms. The second-order valence-corrected chi connectivity index (χ2v) is 2.87. The molecule has 0 spiro atoms. The van der Waals surface area contributed by atoms with Crippen molar-refractivity contribution in [3.8, 4) is 0 Å². The fourth-order valence-electron chi connectivity index (χ4n) is 1.06. The van der Waals surface area contributed by atoms with Crippen molar-refractivity contribution in [2.45, 2.75) is 19.9 Å². The lowest BCUT2D eigenvalue weighted by molar-refractivity contribution is 0.149. The van der Waals surface area contributed by atoms with Crippen molar-refractivity contribution >= 4 is 6.09 Å². The summed E-state index contributed by atoms with van der Waals surface area (Å²) in [6, 6.07) is 3.66. The van der Waals surface area contributed by atoms with Crippen molar-refractivity contribution < 1.29 is 9.53 Å². The Kier molecular flexibility index (Phi) is 3.91. The highest BCUT2D eigenvalue weighted by atomic mass is 16.5. The summed E-state index contributed by atoms with van der Waals surface area (Å²) < 4.78 is 4.76. The molecule has 0 aromatic carbocycles. The highest BCUT2D eigenvalue weighted by molar-refractivity contribution is 5.67. The van der Waals surface area contributed by atoms with Gasteiger partial charge in [-0.1, -0.05) is 6.07 Å². The van der Waals surface area contributed by atoms with Gasteiger partial charge in [0.2, 0.25) is 0 Å². The first kappa shape index (κ1) is 10.5. The summed E-state index contributed by atoms with van der Waals surface area (Å²) in [7, 11) is 0. The standard InChI is InChI=1S/C10H14N2O2/c1-3-14-10(13)12-8(2)9-5-4-6-11-7-9/h4-8H,3H2,1-2H3,(H,12,13)/t8-/m1/s1. The first-order chi connectivity index (χ1) is 6.74. The van der Waals surface area contributed by atoms with Crippen LogP contribution in [0.15, 0.2) is 24.5 Å². The van der Waals surface area contributed by atoms with Gasteiger partial charge in [-0.05, 0) is 25.5 Å². The SMILES string of the molecule is CCOC(=O)N[C@H](C)c1cccnc1. The van der Waals surface area contributed by atoms with Crippen molar-refractivity contribution in [1.82, 2.24) is 10.3 Å². The Labute approximate surface area is 83.3 Å². The molecule has 0 radical (unpaired) electrons. The van der Waals surface area contributed by atoms with E-state index in [1.54, 1.807) is 19.3 Å². The number of rotatable bonds is 3. The molecule has 0 bridgehead atoms. The normalized spacial score (nSPS) is 11.9. The van der Waals surface area contributed by atoms with Crippen molar-refractivity contribution in [1.29, 1.82) is 0 Å². The third-order valence-corrected chi connectivity index (χ3v) is 1.79. The highest BCUT2D eigenvalue weighted by Crippen LogP contribution is 2.09. The molecule has 0 fully saturated rings. The van der Waals surface area contributed by atoms with Gasteiger partial charge in [-0.25, -0.2) is 4.79 Å². The second-order valence-electron chi connectivity index (χ2n) is 2.87. The maximum Gasteiger partial charge on any atom is 0.407 e. The predicted molar refractivity (Wildman–Crippen MR) is 52.8 cm³/mol. The highest BCUT2D eigenvalue weighted by Gasteiger charge is 2.08. The number of nitrogens with one attached hydrogen (secondary N) is 1.